The molecular weight excluding hydrogens is 422 g/mol. The Morgan fingerprint density at radius 3 is 2.68 bits per heavy atom. The van der Waals surface area contributed by atoms with Crippen LogP contribution in [-0.2, 0) is 9.59 Å². The molecule has 0 saturated carbocycles. The standard InChI is InChI=1S/C21H20BrN3O3/c1-3-24-19(27)15-6-4-5-7-17(15)25-18(26)10-11-21(24,25)20(28)23-14-8-9-16(22)13(2)12-14/h4-9,12H,3,10-11H2,1-2H3,(H,23,28). The largest absolute Gasteiger partial charge is 0.322 e. The molecule has 2 aliphatic heterocycles. The SMILES string of the molecule is CCN1C(=O)c2ccccc2N2C(=O)CCC12C(=O)Nc1ccc(Br)c(C)c1. The number of anilines is 2. The molecule has 4 rings (SSSR count). The predicted octanol–water partition coefficient (Wildman–Crippen LogP) is 3.70. The van der Waals surface area contributed by atoms with Gasteiger partial charge in [-0.15, -0.1) is 0 Å². The number of amides is 3. The summed E-state index contributed by atoms with van der Waals surface area (Å²) in [5, 5.41) is 2.93. The van der Waals surface area contributed by atoms with Gasteiger partial charge in [0.25, 0.3) is 11.8 Å². The number of benzene rings is 2. The van der Waals surface area contributed by atoms with Crippen LogP contribution >= 0.6 is 15.9 Å². The average molecular weight is 442 g/mol. The quantitative estimate of drug-likeness (QED) is 0.789. The van der Waals surface area contributed by atoms with Crippen LogP contribution in [0.1, 0.15) is 35.7 Å². The maximum atomic E-state index is 13.5. The van der Waals surface area contributed by atoms with E-state index in [9.17, 15) is 14.4 Å². The number of aryl methyl sites for hydroxylation is 1. The number of hydrogen-bond acceptors (Lipinski definition) is 3. The van der Waals surface area contributed by atoms with Crippen LogP contribution in [0.5, 0.6) is 0 Å². The van der Waals surface area contributed by atoms with E-state index >= 15 is 0 Å². The van der Waals surface area contributed by atoms with E-state index in [1.54, 1.807) is 30.3 Å². The summed E-state index contributed by atoms with van der Waals surface area (Å²) >= 11 is 3.45. The van der Waals surface area contributed by atoms with E-state index in [0.29, 0.717) is 23.5 Å². The summed E-state index contributed by atoms with van der Waals surface area (Å²) in [4.78, 5) is 42.5. The summed E-state index contributed by atoms with van der Waals surface area (Å²) in [6.45, 7) is 4.08. The second kappa shape index (κ2) is 6.74. The molecule has 0 spiro atoms. The van der Waals surface area contributed by atoms with Crippen molar-refractivity contribution in [1.82, 2.24) is 4.90 Å². The fraction of sp³-hybridized carbons (Fsp3) is 0.286. The molecular formula is C21H20BrN3O3. The van der Waals surface area contributed by atoms with Gasteiger partial charge in [-0.25, -0.2) is 0 Å². The first-order valence-electron chi connectivity index (χ1n) is 9.22. The summed E-state index contributed by atoms with van der Waals surface area (Å²) < 4.78 is 0.943. The Morgan fingerprint density at radius 1 is 1.21 bits per heavy atom. The molecule has 3 amide bonds. The van der Waals surface area contributed by atoms with Crippen LogP contribution < -0.4 is 10.2 Å². The minimum absolute atomic E-state index is 0.152. The summed E-state index contributed by atoms with van der Waals surface area (Å²) in [5.41, 5.74) is 1.20. The van der Waals surface area contributed by atoms with E-state index < -0.39 is 5.66 Å². The third kappa shape index (κ3) is 2.57. The maximum Gasteiger partial charge on any atom is 0.271 e. The number of para-hydroxylation sites is 1. The van der Waals surface area contributed by atoms with Crippen LogP contribution in [0.25, 0.3) is 0 Å². The highest BCUT2D eigenvalue weighted by molar-refractivity contribution is 9.10. The van der Waals surface area contributed by atoms with Crippen LogP contribution in [-0.4, -0.2) is 34.8 Å². The van der Waals surface area contributed by atoms with Crippen molar-refractivity contribution < 1.29 is 14.4 Å². The van der Waals surface area contributed by atoms with Gasteiger partial charge in [0.1, 0.15) is 0 Å². The molecule has 2 aromatic carbocycles. The minimum atomic E-state index is -1.35. The molecule has 1 saturated heterocycles. The molecule has 0 aliphatic carbocycles. The number of fused-ring (bicyclic) bond motifs is 3. The van der Waals surface area contributed by atoms with Gasteiger partial charge < -0.3 is 10.2 Å². The van der Waals surface area contributed by atoms with Gasteiger partial charge in [0.2, 0.25) is 11.6 Å². The Balaban J connectivity index is 1.82. The lowest BCUT2D eigenvalue weighted by Gasteiger charge is -2.48. The highest BCUT2D eigenvalue weighted by atomic mass is 79.9. The van der Waals surface area contributed by atoms with E-state index in [-0.39, 0.29) is 30.6 Å². The van der Waals surface area contributed by atoms with E-state index in [4.69, 9.17) is 0 Å². The summed E-state index contributed by atoms with van der Waals surface area (Å²) in [6.07, 6.45) is 0.478. The van der Waals surface area contributed by atoms with Gasteiger partial charge in [0.15, 0.2) is 0 Å². The van der Waals surface area contributed by atoms with Crippen molar-refractivity contribution in [2.45, 2.75) is 32.4 Å². The first-order chi connectivity index (χ1) is 13.4. The third-order valence-corrected chi connectivity index (χ3v) is 6.36. The highest BCUT2D eigenvalue weighted by Gasteiger charge is 2.60. The maximum absolute atomic E-state index is 13.5. The van der Waals surface area contributed by atoms with E-state index in [1.165, 1.54) is 9.80 Å². The van der Waals surface area contributed by atoms with Gasteiger partial charge in [0.05, 0.1) is 11.3 Å². The van der Waals surface area contributed by atoms with Crippen molar-refractivity contribution in [3.8, 4) is 0 Å². The molecule has 7 heteroatoms. The number of hydrogen-bond donors (Lipinski definition) is 1. The van der Waals surface area contributed by atoms with Gasteiger partial charge in [-0.1, -0.05) is 28.1 Å². The molecule has 6 nitrogen and oxygen atoms in total. The fourth-order valence-corrected chi connectivity index (χ4v) is 4.41. The van der Waals surface area contributed by atoms with Crippen LogP contribution in [0, 0.1) is 6.92 Å². The lowest BCUT2D eigenvalue weighted by molar-refractivity contribution is -0.128. The van der Waals surface area contributed by atoms with Crippen molar-refractivity contribution in [1.29, 1.82) is 0 Å². The van der Waals surface area contributed by atoms with Crippen LogP contribution in [0.3, 0.4) is 0 Å². The smallest absolute Gasteiger partial charge is 0.271 e. The molecule has 28 heavy (non-hydrogen) atoms. The van der Waals surface area contributed by atoms with Crippen molar-refractivity contribution in [3.05, 3.63) is 58.1 Å². The lowest BCUT2D eigenvalue weighted by atomic mass is 9.95. The zero-order valence-electron chi connectivity index (χ0n) is 15.7. The van der Waals surface area contributed by atoms with Gasteiger partial charge in [-0.2, -0.15) is 0 Å². The molecule has 1 atom stereocenters. The Bertz CT molecular complexity index is 1010. The van der Waals surface area contributed by atoms with Gasteiger partial charge in [0, 0.05) is 29.5 Å². The molecule has 2 heterocycles. The number of nitrogens with zero attached hydrogens (tertiary/aromatic N) is 2. The van der Waals surface area contributed by atoms with E-state index in [1.807, 2.05) is 26.0 Å². The molecule has 1 fully saturated rings. The van der Waals surface area contributed by atoms with Crippen LogP contribution in [0.15, 0.2) is 46.9 Å². The first kappa shape index (κ1) is 18.7. The predicted molar refractivity (Wildman–Crippen MR) is 110 cm³/mol. The molecule has 144 valence electrons. The van der Waals surface area contributed by atoms with Crippen molar-refractivity contribution in [3.63, 3.8) is 0 Å². The Labute approximate surface area is 171 Å². The highest BCUT2D eigenvalue weighted by Crippen LogP contribution is 2.44. The normalized spacial score (nSPS) is 20.8. The van der Waals surface area contributed by atoms with Crippen molar-refractivity contribution in [2.75, 3.05) is 16.8 Å². The molecule has 1 unspecified atom stereocenters. The minimum Gasteiger partial charge on any atom is -0.322 e. The molecule has 1 N–H and O–H groups in total. The zero-order chi connectivity index (χ0) is 20.1. The van der Waals surface area contributed by atoms with E-state index in [0.717, 1.165) is 10.0 Å². The number of nitrogens with one attached hydrogen (secondary N) is 1. The van der Waals surface area contributed by atoms with Crippen LogP contribution in [0.2, 0.25) is 0 Å². The zero-order valence-corrected chi connectivity index (χ0v) is 17.2. The monoisotopic (exact) mass is 441 g/mol. The number of carbonyl (C=O) groups excluding carboxylic acids is 3. The summed E-state index contributed by atoms with van der Waals surface area (Å²) in [7, 11) is 0. The fourth-order valence-electron chi connectivity index (χ4n) is 4.16. The summed E-state index contributed by atoms with van der Waals surface area (Å²) in [6, 6.07) is 12.5. The molecule has 0 bridgehead atoms. The third-order valence-electron chi connectivity index (χ3n) is 5.47. The topological polar surface area (TPSA) is 69.7 Å². The lowest BCUT2D eigenvalue weighted by Crippen LogP contribution is -2.69. The second-order valence-electron chi connectivity index (χ2n) is 7.03. The number of halogens is 1. The Hall–Kier alpha value is -2.67. The number of carbonyl (C=O) groups is 3. The van der Waals surface area contributed by atoms with Crippen molar-refractivity contribution in [2.24, 2.45) is 0 Å². The van der Waals surface area contributed by atoms with E-state index in [2.05, 4.69) is 21.2 Å². The molecule has 0 aromatic heterocycles. The Morgan fingerprint density at radius 2 is 1.96 bits per heavy atom. The molecule has 0 radical (unpaired) electrons. The van der Waals surface area contributed by atoms with Gasteiger partial charge >= 0.3 is 0 Å². The number of rotatable bonds is 3. The average Bonchev–Trinajstić information content (AvgIpc) is 3.04. The number of likely N-dealkylation sites (N-methyl/N-ethyl adjacent to an activating group) is 1. The Kier molecular flexibility index (Phi) is 4.50. The molecule has 2 aliphatic rings. The summed E-state index contributed by atoms with van der Waals surface area (Å²) in [5.74, 6) is -0.753. The van der Waals surface area contributed by atoms with Gasteiger partial charge in [-0.3, -0.25) is 19.3 Å². The first-order valence-corrected chi connectivity index (χ1v) is 10.0. The molecule has 2 aromatic rings. The van der Waals surface area contributed by atoms with Crippen molar-refractivity contribution >= 4 is 45.0 Å². The van der Waals surface area contributed by atoms with Crippen LogP contribution in [0.4, 0.5) is 11.4 Å². The van der Waals surface area contributed by atoms with Gasteiger partial charge in [-0.05, 0) is 49.7 Å². The second-order valence-corrected chi connectivity index (χ2v) is 7.88.